The van der Waals surface area contributed by atoms with Crippen molar-refractivity contribution in [3.05, 3.63) is 70.2 Å². The number of rotatable bonds is 6. The lowest BCUT2D eigenvalue weighted by molar-refractivity contribution is 0.0212. The van der Waals surface area contributed by atoms with Crippen molar-refractivity contribution in [1.29, 1.82) is 0 Å². The summed E-state index contributed by atoms with van der Waals surface area (Å²) in [6, 6.07) is 18.4. The molecule has 0 heterocycles. The highest BCUT2D eigenvalue weighted by atomic mass is 79.9. The lowest BCUT2D eigenvalue weighted by atomic mass is 10.0. The van der Waals surface area contributed by atoms with Crippen molar-refractivity contribution in [2.75, 3.05) is 0 Å². The van der Waals surface area contributed by atoms with Gasteiger partial charge in [-0.2, -0.15) is 0 Å². The van der Waals surface area contributed by atoms with Crippen LogP contribution < -0.4 is 5.73 Å². The van der Waals surface area contributed by atoms with Crippen LogP contribution in [0.3, 0.4) is 0 Å². The number of benzene rings is 2. The Morgan fingerprint density at radius 1 is 1.05 bits per heavy atom. The van der Waals surface area contributed by atoms with Crippen molar-refractivity contribution in [3.8, 4) is 0 Å². The molecule has 2 aromatic carbocycles. The third-order valence-corrected chi connectivity index (χ3v) is 3.86. The molecule has 2 N–H and O–H groups in total. The average Bonchev–Trinajstić information content (AvgIpc) is 2.50. The Hall–Kier alpha value is -1.16. The van der Waals surface area contributed by atoms with Crippen molar-refractivity contribution >= 4 is 15.9 Å². The summed E-state index contributed by atoms with van der Waals surface area (Å²) < 4.78 is 7.13. The molecule has 0 spiro atoms. The fraction of sp³-hybridized carbons (Fsp3) is 0.294. The Kier molecular flexibility index (Phi) is 5.77. The van der Waals surface area contributed by atoms with E-state index in [2.05, 4.69) is 47.1 Å². The number of halogens is 1. The Morgan fingerprint density at radius 3 is 2.30 bits per heavy atom. The van der Waals surface area contributed by atoms with E-state index in [0.29, 0.717) is 6.61 Å². The Bertz CT molecular complexity index is 512. The molecular weight excluding hydrogens is 314 g/mol. The predicted octanol–water partition coefficient (Wildman–Crippen LogP) is 4.44. The number of nitrogens with two attached hydrogens (primary N) is 1. The van der Waals surface area contributed by atoms with Gasteiger partial charge in [0, 0.05) is 10.5 Å². The van der Waals surface area contributed by atoms with E-state index in [9.17, 15) is 0 Å². The monoisotopic (exact) mass is 333 g/mol. The minimum Gasteiger partial charge on any atom is -0.367 e. The Morgan fingerprint density at radius 2 is 1.70 bits per heavy atom. The second kappa shape index (κ2) is 7.58. The molecule has 2 atom stereocenters. The molecule has 0 aromatic heterocycles. The summed E-state index contributed by atoms with van der Waals surface area (Å²) in [6.45, 7) is 2.66. The van der Waals surface area contributed by atoms with Gasteiger partial charge in [-0.15, -0.1) is 0 Å². The molecule has 3 heteroatoms. The van der Waals surface area contributed by atoms with Gasteiger partial charge >= 0.3 is 0 Å². The zero-order valence-electron chi connectivity index (χ0n) is 11.6. The first-order valence-corrected chi connectivity index (χ1v) is 7.66. The maximum Gasteiger partial charge on any atom is 0.0980 e. The smallest absolute Gasteiger partial charge is 0.0980 e. The van der Waals surface area contributed by atoms with Crippen molar-refractivity contribution < 1.29 is 4.74 Å². The molecule has 0 aliphatic rings. The maximum atomic E-state index is 6.21. The lowest BCUT2D eigenvalue weighted by Gasteiger charge is -2.24. The van der Waals surface area contributed by atoms with Gasteiger partial charge in [-0.25, -0.2) is 0 Å². The van der Waals surface area contributed by atoms with Gasteiger partial charge in [-0.3, -0.25) is 0 Å². The normalized spacial score (nSPS) is 13.9. The molecule has 0 saturated carbocycles. The highest BCUT2D eigenvalue weighted by Crippen LogP contribution is 2.25. The lowest BCUT2D eigenvalue weighted by Crippen LogP contribution is -2.29. The van der Waals surface area contributed by atoms with Crippen molar-refractivity contribution in [1.82, 2.24) is 0 Å². The first kappa shape index (κ1) is 15.2. The molecule has 0 aliphatic heterocycles. The van der Waals surface area contributed by atoms with E-state index in [1.165, 1.54) is 0 Å². The molecule has 2 unspecified atom stereocenters. The van der Waals surface area contributed by atoms with Crippen LogP contribution in [0.2, 0.25) is 0 Å². The first-order chi connectivity index (χ1) is 9.70. The van der Waals surface area contributed by atoms with Gasteiger partial charge in [0.1, 0.15) is 0 Å². The topological polar surface area (TPSA) is 35.2 Å². The van der Waals surface area contributed by atoms with E-state index in [4.69, 9.17) is 10.5 Å². The van der Waals surface area contributed by atoms with Crippen LogP contribution in [0, 0.1) is 0 Å². The second-order valence-electron chi connectivity index (χ2n) is 4.84. The SMILES string of the molecule is CCC(N)C(OCc1ccccc1)c1ccc(Br)cc1. The molecule has 0 fully saturated rings. The van der Waals surface area contributed by atoms with Crippen LogP contribution in [0.1, 0.15) is 30.6 Å². The summed E-state index contributed by atoms with van der Waals surface area (Å²) >= 11 is 3.45. The maximum absolute atomic E-state index is 6.21. The molecule has 0 saturated heterocycles. The predicted molar refractivity (Wildman–Crippen MR) is 86.4 cm³/mol. The summed E-state index contributed by atoms with van der Waals surface area (Å²) in [5, 5.41) is 0. The quantitative estimate of drug-likeness (QED) is 0.847. The van der Waals surface area contributed by atoms with Crippen LogP contribution in [0.15, 0.2) is 59.1 Å². The van der Waals surface area contributed by atoms with Gasteiger partial charge in [0.25, 0.3) is 0 Å². The zero-order chi connectivity index (χ0) is 14.4. The van der Waals surface area contributed by atoms with Gasteiger partial charge in [-0.05, 0) is 29.7 Å². The summed E-state index contributed by atoms with van der Waals surface area (Å²) in [5.41, 5.74) is 8.50. The van der Waals surface area contributed by atoms with Crippen molar-refractivity contribution in [2.45, 2.75) is 32.1 Å². The standard InChI is InChI=1S/C17H20BrNO/c1-2-16(19)17(14-8-10-15(18)11-9-14)20-12-13-6-4-3-5-7-13/h3-11,16-17H,2,12,19H2,1H3. The van der Waals surface area contributed by atoms with Crippen LogP contribution >= 0.6 is 15.9 Å². The fourth-order valence-corrected chi connectivity index (χ4v) is 2.36. The van der Waals surface area contributed by atoms with E-state index in [0.717, 1.165) is 22.0 Å². The summed E-state index contributed by atoms with van der Waals surface area (Å²) in [5.74, 6) is 0. The number of ether oxygens (including phenoxy) is 1. The van der Waals surface area contributed by atoms with Crippen molar-refractivity contribution in [2.24, 2.45) is 5.73 Å². The van der Waals surface area contributed by atoms with E-state index in [1.54, 1.807) is 0 Å². The minimum atomic E-state index is -0.0756. The van der Waals surface area contributed by atoms with Crippen LogP contribution in [-0.2, 0) is 11.3 Å². The first-order valence-electron chi connectivity index (χ1n) is 6.87. The molecule has 0 radical (unpaired) electrons. The van der Waals surface area contributed by atoms with Crippen LogP contribution in [0.25, 0.3) is 0 Å². The summed E-state index contributed by atoms with van der Waals surface area (Å²) in [4.78, 5) is 0. The highest BCUT2D eigenvalue weighted by molar-refractivity contribution is 9.10. The van der Waals surface area contributed by atoms with Gasteiger partial charge in [0.2, 0.25) is 0 Å². The van der Waals surface area contributed by atoms with Gasteiger partial charge in [0.05, 0.1) is 12.7 Å². The Labute approximate surface area is 129 Å². The van der Waals surface area contributed by atoms with E-state index in [-0.39, 0.29) is 12.1 Å². The van der Waals surface area contributed by atoms with Crippen LogP contribution in [0.4, 0.5) is 0 Å². The molecule has 20 heavy (non-hydrogen) atoms. The molecule has 2 rings (SSSR count). The van der Waals surface area contributed by atoms with E-state index < -0.39 is 0 Å². The molecular formula is C17H20BrNO. The zero-order valence-corrected chi connectivity index (χ0v) is 13.2. The second-order valence-corrected chi connectivity index (χ2v) is 5.76. The van der Waals surface area contributed by atoms with Crippen molar-refractivity contribution in [3.63, 3.8) is 0 Å². The van der Waals surface area contributed by atoms with Gasteiger partial charge < -0.3 is 10.5 Å². The average molecular weight is 334 g/mol. The number of hydrogen-bond acceptors (Lipinski definition) is 2. The molecule has 2 nitrogen and oxygen atoms in total. The number of hydrogen-bond donors (Lipinski definition) is 1. The fourth-order valence-electron chi connectivity index (χ4n) is 2.09. The third-order valence-electron chi connectivity index (χ3n) is 3.33. The van der Waals surface area contributed by atoms with E-state index >= 15 is 0 Å². The molecule has 0 bridgehead atoms. The molecule has 106 valence electrons. The van der Waals surface area contributed by atoms with Crippen LogP contribution in [0.5, 0.6) is 0 Å². The van der Waals surface area contributed by atoms with E-state index in [1.807, 2.05) is 30.3 Å². The Balaban J connectivity index is 2.10. The van der Waals surface area contributed by atoms with Gasteiger partial charge in [-0.1, -0.05) is 65.3 Å². The minimum absolute atomic E-state index is 0.000104. The van der Waals surface area contributed by atoms with Crippen LogP contribution in [-0.4, -0.2) is 6.04 Å². The third kappa shape index (κ3) is 4.17. The summed E-state index contributed by atoms with van der Waals surface area (Å²) in [6.07, 6.45) is 0.809. The molecule has 0 amide bonds. The van der Waals surface area contributed by atoms with Gasteiger partial charge in [0.15, 0.2) is 0 Å². The largest absolute Gasteiger partial charge is 0.367 e. The summed E-state index contributed by atoms with van der Waals surface area (Å²) in [7, 11) is 0. The molecule has 0 aliphatic carbocycles. The highest BCUT2D eigenvalue weighted by Gasteiger charge is 2.19. The molecule has 2 aromatic rings.